The van der Waals surface area contributed by atoms with Gasteiger partial charge in [0.1, 0.15) is 11.6 Å². The first-order valence-corrected chi connectivity index (χ1v) is 6.77. The van der Waals surface area contributed by atoms with Gasteiger partial charge in [-0.2, -0.15) is 10.5 Å². The highest BCUT2D eigenvalue weighted by Gasteiger charge is 2.18. The predicted molar refractivity (Wildman–Crippen MR) is 81.6 cm³/mol. The number of ketones is 1. The molecule has 110 valence electrons. The molecule has 0 aliphatic carbocycles. The topological polar surface area (TPSA) is 83.1 Å². The smallest absolute Gasteiger partial charge is 0.231 e. The Bertz CT molecular complexity index is 884. The molecule has 0 radical (unpaired) electrons. The summed E-state index contributed by atoms with van der Waals surface area (Å²) >= 11 is 0. The molecule has 0 amide bonds. The molecule has 5 nitrogen and oxygen atoms in total. The van der Waals surface area contributed by atoms with Crippen LogP contribution in [0.4, 0.5) is 0 Å². The van der Waals surface area contributed by atoms with Crippen LogP contribution in [0.5, 0.6) is 11.5 Å². The van der Waals surface area contributed by atoms with Gasteiger partial charge >= 0.3 is 0 Å². The minimum atomic E-state index is -0.393. The zero-order chi connectivity index (χ0) is 16.2. The summed E-state index contributed by atoms with van der Waals surface area (Å²) in [5, 5.41) is 18.0. The number of carbonyl (C=O) groups is 1. The van der Waals surface area contributed by atoms with Crippen LogP contribution in [0.25, 0.3) is 6.08 Å². The molecule has 23 heavy (non-hydrogen) atoms. The molecule has 0 spiro atoms. The van der Waals surface area contributed by atoms with Crippen LogP contribution in [0.2, 0.25) is 0 Å². The monoisotopic (exact) mass is 302 g/mol. The third-order valence-corrected chi connectivity index (χ3v) is 3.35. The van der Waals surface area contributed by atoms with Crippen LogP contribution in [0.1, 0.15) is 21.5 Å². The SMILES string of the molecule is N#CC(=Cc1ccc(C#N)cc1)C(=O)c1ccc2c(c1)OCO2. The largest absolute Gasteiger partial charge is 0.454 e. The van der Waals surface area contributed by atoms with E-state index in [0.29, 0.717) is 28.2 Å². The van der Waals surface area contributed by atoms with Crippen molar-refractivity contribution in [2.45, 2.75) is 0 Å². The fraction of sp³-hybridized carbons (Fsp3) is 0.0556. The van der Waals surface area contributed by atoms with Crippen LogP contribution < -0.4 is 9.47 Å². The minimum Gasteiger partial charge on any atom is -0.454 e. The molecule has 1 aliphatic rings. The molecule has 0 bridgehead atoms. The van der Waals surface area contributed by atoms with E-state index >= 15 is 0 Å². The molecule has 1 heterocycles. The third-order valence-electron chi connectivity index (χ3n) is 3.35. The van der Waals surface area contributed by atoms with Crippen molar-refractivity contribution in [2.75, 3.05) is 6.79 Å². The molecular formula is C18H10N2O3. The maximum Gasteiger partial charge on any atom is 0.231 e. The van der Waals surface area contributed by atoms with Gasteiger partial charge in [0, 0.05) is 5.56 Å². The molecular weight excluding hydrogens is 292 g/mol. The lowest BCUT2D eigenvalue weighted by molar-refractivity contribution is 0.103. The van der Waals surface area contributed by atoms with Crippen LogP contribution in [0.3, 0.4) is 0 Å². The van der Waals surface area contributed by atoms with E-state index in [1.807, 2.05) is 12.1 Å². The number of carbonyl (C=O) groups excluding carboxylic acids is 1. The summed E-state index contributed by atoms with van der Waals surface area (Å²) in [7, 11) is 0. The molecule has 0 saturated carbocycles. The van der Waals surface area contributed by atoms with Gasteiger partial charge in [-0.1, -0.05) is 12.1 Å². The second-order valence-electron chi connectivity index (χ2n) is 4.80. The highest BCUT2D eigenvalue weighted by Crippen LogP contribution is 2.33. The van der Waals surface area contributed by atoms with Crippen molar-refractivity contribution in [1.82, 2.24) is 0 Å². The molecule has 0 unspecified atom stereocenters. The van der Waals surface area contributed by atoms with Gasteiger partial charge in [-0.15, -0.1) is 0 Å². The van der Waals surface area contributed by atoms with Crippen LogP contribution in [-0.2, 0) is 0 Å². The van der Waals surface area contributed by atoms with Crippen molar-refractivity contribution in [3.05, 3.63) is 64.7 Å². The van der Waals surface area contributed by atoms with Crippen molar-refractivity contribution >= 4 is 11.9 Å². The Morgan fingerprint density at radius 1 is 1.04 bits per heavy atom. The first-order valence-electron chi connectivity index (χ1n) is 6.77. The van der Waals surface area contributed by atoms with Crippen molar-refractivity contribution in [3.63, 3.8) is 0 Å². The molecule has 0 atom stereocenters. The van der Waals surface area contributed by atoms with Crippen molar-refractivity contribution < 1.29 is 14.3 Å². The highest BCUT2D eigenvalue weighted by molar-refractivity contribution is 6.14. The summed E-state index contributed by atoms with van der Waals surface area (Å²) in [6, 6.07) is 15.4. The number of ether oxygens (including phenoxy) is 2. The van der Waals surface area contributed by atoms with E-state index in [1.54, 1.807) is 42.5 Å². The van der Waals surface area contributed by atoms with Crippen LogP contribution in [0, 0.1) is 22.7 Å². The van der Waals surface area contributed by atoms with Crippen molar-refractivity contribution in [3.8, 4) is 23.6 Å². The Morgan fingerprint density at radius 2 is 1.78 bits per heavy atom. The van der Waals surface area contributed by atoms with E-state index in [-0.39, 0.29) is 12.4 Å². The number of benzene rings is 2. The lowest BCUT2D eigenvalue weighted by atomic mass is 10.0. The Morgan fingerprint density at radius 3 is 2.48 bits per heavy atom. The lowest BCUT2D eigenvalue weighted by Gasteiger charge is -2.02. The van der Waals surface area contributed by atoms with Gasteiger partial charge in [-0.25, -0.2) is 0 Å². The van der Waals surface area contributed by atoms with Gasteiger partial charge in [0.15, 0.2) is 11.5 Å². The second-order valence-corrected chi connectivity index (χ2v) is 4.80. The van der Waals surface area contributed by atoms with Gasteiger partial charge in [0.05, 0.1) is 11.6 Å². The Labute approximate surface area is 132 Å². The number of nitrogens with zero attached hydrogens (tertiary/aromatic N) is 2. The molecule has 0 fully saturated rings. The Kier molecular flexibility index (Phi) is 3.78. The molecule has 0 saturated heterocycles. The third kappa shape index (κ3) is 2.90. The minimum absolute atomic E-state index is 0.00794. The quantitative estimate of drug-likeness (QED) is 0.494. The maximum absolute atomic E-state index is 12.5. The Balaban J connectivity index is 1.91. The second kappa shape index (κ2) is 6.05. The van der Waals surface area contributed by atoms with Gasteiger partial charge in [0.25, 0.3) is 0 Å². The van der Waals surface area contributed by atoms with Crippen molar-refractivity contribution in [2.24, 2.45) is 0 Å². The average molecular weight is 302 g/mol. The summed E-state index contributed by atoms with van der Waals surface area (Å²) in [4.78, 5) is 12.5. The molecule has 5 heteroatoms. The van der Waals surface area contributed by atoms with E-state index in [9.17, 15) is 10.1 Å². The fourth-order valence-electron chi connectivity index (χ4n) is 2.16. The van der Waals surface area contributed by atoms with E-state index in [2.05, 4.69) is 0 Å². The van der Waals surface area contributed by atoms with Gasteiger partial charge in [-0.3, -0.25) is 4.79 Å². The van der Waals surface area contributed by atoms with Gasteiger partial charge < -0.3 is 9.47 Å². The van der Waals surface area contributed by atoms with E-state index in [1.165, 1.54) is 6.08 Å². The number of hydrogen-bond donors (Lipinski definition) is 0. The summed E-state index contributed by atoms with van der Waals surface area (Å²) in [5.74, 6) is 0.679. The molecule has 2 aromatic carbocycles. The number of allylic oxidation sites excluding steroid dienone is 1. The van der Waals surface area contributed by atoms with Crippen LogP contribution in [0.15, 0.2) is 48.0 Å². The Hall–Kier alpha value is -3.57. The normalized spacial score (nSPS) is 12.3. The summed E-state index contributed by atoms with van der Waals surface area (Å²) in [5.41, 5.74) is 1.56. The number of Topliss-reactive ketones (excluding diaryl/α,β-unsaturated/α-hetero) is 1. The maximum atomic E-state index is 12.5. The molecule has 0 aromatic heterocycles. The molecule has 0 N–H and O–H groups in total. The first-order chi connectivity index (χ1) is 11.2. The number of hydrogen-bond acceptors (Lipinski definition) is 5. The zero-order valence-corrected chi connectivity index (χ0v) is 11.9. The van der Waals surface area contributed by atoms with E-state index in [4.69, 9.17) is 14.7 Å². The number of fused-ring (bicyclic) bond motifs is 1. The highest BCUT2D eigenvalue weighted by atomic mass is 16.7. The molecule has 1 aliphatic heterocycles. The molecule has 2 aromatic rings. The molecule has 3 rings (SSSR count). The lowest BCUT2D eigenvalue weighted by Crippen LogP contribution is -2.02. The predicted octanol–water partition coefficient (Wildman–Crippen LogP) is 3.08. The van der Waals surface area contributed by atoms with Crippen molar-refractivity contribution in [1.29, 1.82) is 10.5 Å². The van der Waals surface area contributed by atoms with Crippen LogP contribution >= 0.6 is 0 Å². The number of rotatable bonds is 3. The zero-order valence-electron chi connectivity index (χ0n) is 11.9. The standard InChI is InChI=1S/C18H10N2O3/c19-9-13-3-1-12(2-4-13)7-15(10-20)18(21)14-5-6-16-17(8-14)23-11-22-16/h1-8H,11H2. The summed E-state index contributed by atoms with van der Waals surface area (Å²) in [6.07, 6.45) is 1.49. The summed E-state index contributed by atoms with van der Waals surface area (Å²) in [6.45, 7) is 0.124. The van der Waals surface area contributed by atoms with E-state index in [0.717, 1.165) is 0 Å². The average Bonchev–Trinajstić information content (AvgIpc) is 3.07. The van der Waals surface area contributed by atoms with Gasteiger partial charge in [-0.05, 0) is 42.0 Å². The van der Waals surface area contributed by atoms with Crippen LogP contribution in [-0.4, -0.2) is 12.6 Å². The fourth-order valence-corrected chi connectivity index (χ4v) is 2.16. The number of nitriles is 2. The van der Waals surface area contributed by atoms with Gasteiger partial charge in [0.2, 0.25) is 12.6 Å². The first kappa shape index (κ1) is 14.4. The van der Waals surface area contributed by atoms with E-state index < -0.39 is 5.78 Å². The summed E-state index contributed by atoms with van der Waals surface area (Å²) < 4.78 is 10.4.